The van der Waals surface area contributed by atoms with Gasteiger partial charge in [-0.3, -0.25) is 9.48 Å². The number of anilines is 2. The summed E-state index contributed by atoms with van der Waals surface area (Å²) in [6.07, 6.45) is -3.26. The number of aryl methyl sites for hydroxylation is 1. The number of hydrogen-bond donors (Lipinski definition) is 2. The van der Waals surface area contributed by atoms with Gasteiger partial charge in [-0.05, 0) is 36.4 Å². The maximum Gasteiger partial charge on any atom is 0.417 e. The zero-order valence-corrected chi connectivity index (χ0v) is 13.9. The second kappa shape index (κ2) is 6.71. The van der Waals surface area contributed by atoms with Crippen molar-refractivity contribution >= 4 is 17.5 Å². The summed E-state index contributed by atoms with van der Waals surface area (Å²) in [7, 11) is 1.57. The standard InChI is InChI=1S/C17H13F4N5O/c1-26-13(6-7-23-26)16(27)25-14-5-3-10(15(22)24-14)11-8-9(18)2-4-12(11)17(19,20)21/h2-8H,1H3,(H3,22,24,25,27). The number of carbonyl (C=O) groups is 1. The average molecular weight is 379 g/mol. The minimum atomic E-state index is -4.69. The van der Waals surface area contributed by atoms with Crippen LogP contribution >= 0.6 is 0 Å². The number of nitrogens with zero attached hydrogens (tertiary/aromatic N) is 3. The second-order valence-electron chi connectivity index (χ2n) is 5.61. The molecule has 6 nitrogen and oxygen atoms in total. The van der Waals surface area contributed by atoms with E-state index < -0.39 is 29.0 Å². The number of nitrogen functional groups attached to an aromatic ring is 1. The highest BCUT2D eigenvalue weighted by Gasteiger charge is 2.34. The van der Waals surface area contributed by atoms with Crippen LogP contribution in [0.1, 0.15) is 16.1 Å². The summed E-state index contributed by atoms with van der Waals surface area (Å²) in [5, 5.41) is 6.33. The Morgan fingerprint density at radius 2 is 1.89 bits per heavy atom. The van der Waals surface area contributed by atoms with Crippen LogP contribution in [0.15, 0.2) is 42.6 Å². The number of rotatable bonds is 3. The molecule has 140 valence electrons. The Morgan fingerprint density at radius 3 is 2.48 bits per heavy atom. The number of hydrogen-bond acceptors (Lipinski definition) is 4. The summed E-state index contributed by atoms with van der Waals surface area (Å²) >= 11 is 0. The minimum absolute atomic E-state index is 0.0346. The van der Waals surface area contributed by atoms with E-state index in [1.807, 2.05) is 0 Å². The van der Waals surface area contributed by atoms with Gasteiger partial charge in [0.2, 0.25) is 0 Å². The summed E-state index contributed by atoms with van der Waals surface area (Å²) in [6, 6.07) is 6.11. The number of alkyl halides is 3. The predicted molar refractivity (Wildman–Crippen MR) is 90.2 cm³/mol. The first-order valence-corrected chi connectivity index (χ1v) is 7.60. The minimum Gasteiger partial charge on any atom is -0.383 e. The van der Waals surface area contributed by atoms with Crippen LogP contribution in [-0.2, 0) is 13.2 Å². The molecule has 3 N–H and O–H groups in total. The molecule has 0 fully saturated rings. The Balaban J connectivity index is 1.96. The third kappa shape index (κ3) is 3.73. The molecular weight excluding hydrogens is 366 g/mol. The third-order valence-electron chi connectivity index (χ3n) is 3.80. The van der Waals surface area contributed by atoms with Gasteiger partial charge in [-0.1, -0.05) is 0 Å². The maximum atomic E-state index is 13.5. The molecule has 1 aromatic carbocycles. The van der Waals surface area contributed by atoms with E-state index in [1.54, 1.807) is 7.05 Å². The molecule has 1 amide bonds. The van der Waals surface area contributed by atoms with Crippen LogP contribution in [-0.4, -0.2) is 20.7 Å². The Labute approximate surface area is 150 Å². The molecule has 0 radical (unpaired) electrons. The van der Waals surface area contributed by atoms with Crippen molar-refractivity contribution in [2.75, 3.05) is 11.1 Å². The van der Waals surface area contributed by atoms with Crippen molar-refractivity contribution in [1.29, 1.82) is 0 Å². The first-order valence-electron chi connectivity index (χ1n) is 7.60. The predicted octanol–water partition coefficient (Wildman–Crippen LogP) is 3.47. The van der Waals surface area contributed by atoms with Crippen molar-refractivity contribution in [2.45, 2.75) is 6.18 Å². The zero-order valence-electron chi connectivity index (χ0n) is 13.9. The Bertz CT molecular complexity index is 1010. The maximum absolute atomic E-state index is 13.5. The van der Waals surface area contributed by atoms with Crippen molar-refractivity contribution in [1.82, 2.24) is 14.8 Å². The normalized spacial score (nSPS) is 11.4. The second-order valence-corrected chi connectivity index (χ2v) is 5.61. The first kappa shape index (κ1) is 18.4. The topological polar surface area (TPSA) is 85.8 Å². The lowest BCUT2D eigenvalue weighted by Gasteiger charge is -2.15. The van der Waals surface area contributed by atoms with Gasteiger partial charge in [0.25, 0.3) is 5.91 Å². The zero-order chi connectivity index (χ0) is 19.8. The monoisotopic (exact) mass is 379 g/mol. The molecule has 2 heterocycles. The lowest BCUT2D eigenvalue weighted by Crippen LogP contribution is -2.17. The SMILES string of the molecule is Cn1nccc1C(=O)Nc1ccc(-c2cc(F)ccc2C(F)(F)F)c(N)n1. The van der Waals surface area contributed by atoms with Crippen LogP contribution in [0, 0.1) is 5.82 Å². The fourth-order valence-corrected chi connectivity index (χ4v) is 2.54. The molecular formula is C17H13F4N5O. The summed E-state index contributed by atoms with van der Waals surface area (Å²) < 4.78 is 54.4. The van der Waals surface area contributed by atoms with E-state index in [1.165, 1.54) is 29.1 Å². The van der Waals surface area contributed by atoms with Crippen LogP contribution in [0.3, 0.4) is 0 Å². The van der Waals surface area contributed by atoms with Crippen molar-refractivity contribution in [3.05, 3.63) is 59.7 Å². The molecule has 0 unspecified atom stereocenters. The van der Waals surface area contributed by atoms with E-state index in [2.05, 4.69) is 15.4 Å². The summed E-state index contributed by atoms with van der Waals surface area (Å²) in [5.41, 5.74) is 4.46. The van der Waals surface area contributed by atoms with E-state index in [0.29, 0.717) is 6.07 Å². The summed E-state index contributed by atoms with van der Waals surface area (Å²) in [4.78, 5) is 16.0. The fraction of sp³-hybridized carbons (Fsp3) is 0.118. The number of pyridine rings is 1. The molecule has 0 saturated heterocycles. The molecule has 3 rings (SSSR count). The molecule has 0 atom stereocenters. The van der Waals surface area contributed by atoms with Crippen molar-refractivity contribution in [3.8, 4) is 11.1 Å². The Kier molecular flexibility index (Phi) is 4.56. The molecule has 0 aliphatic heterocycles. The van der Waals surface area contributed by atoms with E-state index in [4.69, 9.17) is 5.73 Å². The van der Waals surface area contributed by atoms with Gasteiger partial charge in [0.1, 0.15) is 23.1 Å². The van der Waals surface area contributed by atoms with Gasteiger partial charge >= 0.3 is 6.18 Å². The smallest absolute Gasteiger partial charge is 0.383 e. The number of nitrogens with one attached hydrogen (secondary N) is 1. The van der Waals surface area contributed by atoms with Gasteiger partial charge in [0.15, 0.2) is 0 Å². The molecule has 0 aliphatic carbocycles. The number of aromatic nitrogens is 3. The van der Waals surface area contributed by atoms with Crippen molar-refractivity contribution < 1.29 is 22.4 Å². The first-order chi connectivity index (χ1) is 12.7. The van der Waals surface area contributed by atoms with Gasteiger partial charge in [0.05, 0.1) is 5.56 Å². The summed E-state index contributed by atoms with van der Waals surface area (Å²) in [6.45, 7) is 0. The van der Waals surface area contributed by atoms with E-state index in [-0.39, 0.29) is 22.9 Å². The highest BCUT2D eigenvalue weighted by atomic mass is 19.4. The molecule has 0 saturated carbocycles. The molecule has 0 spiro atoms. The van der Waals surface area contributed by atoms with Crippen LogP contribution < -0.4 is 11.1 Å². The molecule has 3 aromatic rings. The Hall–Kier alpha value is -3.43. The fourth-order valence-electron chi connectivity index (χ4n) is 2.54. The lowest BCUT2D eigenvalue weighted by atomic mass is 9.99. The number of halogens is 4. The van der Waals surface area contributed by atoms with Crippen LogP contribution in [0.5, 0.6) is 0 Å². The van der Waals surface area contributed by atoms with Gasteiger partial charge in [-0.2, -0.15) is 18.3 Å². The van der Waals surface area contributed by atoms with Crippen LogP contribution in [0.25, 0.3) is 11.1 Å². The quantitative estimate of drug-likeness (QED) is 0.683. The van der Waals surface area contributed by atoms with Gasteiger partial charge < -0.3 is 11.1 Å². The largest absolute Gasteiger partial charge is 0.417 e. The number of amides is 1. The van der Waals surface area contributed by atoms with E-state index >= 15 is 0 Å². The van der Waals surface area contributed by atoms with E-state index in [9.17, 15) is 22.4 Å². The van der Waals surface area contributed by atoms with Crippen LogP contribution in [0.4, 0.5) is 29.2 Å². The highest BCUT2D eigenvalue weighted by molar-refractivity contribution is 6.02. The molecule has 0 bridgehead atoms. The Morgan fingerprint density at radius 1 is 1.15 bits per heavy atom. The number of benzene rings is 1. The van der Waals surface area contributed by atoms with Crippen LogP contribution in [0.2, 0.25) is 0 Å². The lowest BCUT2D eigenvalue weighted by molar-refractivity contribution is -0.137. The summed E-state index contributed by atoms with van der Waals surface area (Å²) in [5.74, 6) is -1.61. The van der Waals surface area contributed by atoms with Crippen molar-refractivity contribution in [2.24, 2.45) is 7.05 Å². The molecule has 0 aliphatic rings. The van der Waals surface area contributed by atoms with E-state index in [0.717, 1.165) is 12.1 Å². The van der Waals surface area contributed by atoms with Crippen molar-refractivity contribution in [3.63, 3.8) is 0 Å². The van der Waals surface area contributed by atoms with Gasteiger partial charge in [0, 0.05) is 24.4 Å². The average Bonchev–Trinajstić information content (AvgIpc) is 3.00. The molecule has 10 heteroatoms. The van der Waals surface area contributed by atoms with Gasteiger partial charge in [-0.15, -0.1) is 0 Å². The molecule has 27 heavy (non-hydrogen) atoms. The number of carbonyl (C=O) groups excluding carboxylic acids is 1. The highest BCUT2D eigenvalue weighted by Crippen LogP contribution is 2.39. The third-order valence-corrected chi connectivity index (χ3v) is 3.80. The number of nitrogens with two attached hydrogens (primary N) is 1. The van der Waals surface area contributed by atoms with Gasteiger partial charge in [-0.25, -0.2) is 9.37 Å². The molecule has 2 aromatic heterocycles.